The molecule has 1 heterocycles. The van der Waals surface area contributed by atoms with Gasteiger partial charge in [0.25, 0.3) is 0 Å². The molecule has 2 amide bonds. The lowest BCUT2D eigenvalue weighted by Crippen LogP contribution is -2.43. The predicted octanol–water partition coefficient (Wildman–Crippen LogP) is 0.701. The lowest BCUT2D eigenvalue weighted by atomic mass is 10.3. The summed E-state index contributed by atoms with van der Waals surface area (Å²) in [5, 5.41) is 3.02. The Balaban J connectivity index is 2.64. The summed E-state index contributed by atoms with van der Waals surface area (Å²) in [7, 11) is 0. The number of rotatable bonds is 9. The smallest absolute Gasteiger partial charge is 0.343 e. The molecule has 0 aliphatic heterocycles. The Kier molecular flexibility index (Phi) is 8.83. The highest BCUT2D eigenvalue weighted by Gasteiger charge is 2.18. The number of nitrogens with one attached hydrogen (secondary N) is 1. The standard InChI is InChI=1S/C16H25N5O4S/c1-5-21(8-12(22)19-10(3)4)13(23)9-26-16-18-7-11(14(17)20-16)15(24)25-6-2/h7,10H,5-6,8-9H2,1-4H3,(H,19,22)(H2,17,18,20). The van der Waals surface area contributed by atoms with Crippen molar-refractivity contribution in [3.63, 3.8) is 0 Å². The van der Waals surface area contributed by atoms with Crippen LogP contribution in [-0.4, -0.2) is 64.1 Å². The molecule has 0 radical (unpaired) electrons. The molecule has 0 saturated carbocycles. The van der Waals surface area contributed by atoms with Crippen LogP contribution in [0.15, 0.2) is 11.4 Å². The first-order valence-electron chi connectivity index (χ1n) is 8.28. The third-order valence-electron chi connectivity index (χ3n) is 3.13. The molecular weight excluding hydrogens is 358 g/mol. The molecule has 0 saturated heterocycles. The van der Waals surface area contributed by atoms with Gasteiger partial charge in [-0.2, -0.15) is 0 Å². The molecule has 0 atom stereocenters. The second-order valence-electron chi connectivity index (χ2n) is 5.59. The van der Waals surface area contributed by atoms with E-state index >= 15 is 0 Å². The molecule has 3 N–H and O–H groups in total. The number of anilines is 1. The number of likely N-dealkylation sites (N-methyl/N-ethyl adjacent to an activating group) is 1. The molecule has 9 nitrogen and oxygen atoms in total. The molecule has 0 spiro atoms. The first-order valence-corrected chi connectivity index (χ1v) is 9.26. The number of hydrogen-bond acceptors (Lipinski definition) is 8. The molecule has 10 heteroatoms. The van der Waals surface area contributed by atoms with Crippen LogP contribution in [0.4, 0.5) is 5.82 Å². The van der Waals surface area contributed by atoms with Crippen molar-refractivity contribution in [2.24, 2.45) is 0 Å². The van der Waals surface area contributed by atoms with Gasteiger partial charge in [0, 0.05) is 18.8 Å². The molecule has 1 rings (SSSR count). The SMILES string of the molecule is CCOC(=O)c1cnc(SCC(=O)N(CC)CC(=O)NC(C)C)nc1N. The average molecular weight is 383 g/mol. The monoisotopic (exact) mass is 383 g/mol. The molecule has 0 aliphatic rings. The Morgan fingerprint density at radius 2 is 2.04 bits per heavy atom. The molecule has 0 bridgehead atoms. The van der Waals surface area contributed by atoms with E-state index in [-0.39, 0.29) is 53.3 Å². The highest BCUT2D eigenvalue weighted by molar-refractivity contribution is 7.99. The summed E-state index contributed by atoms with van der Waals surface area (Å²) in [6.45, 7) is 7.83. The molecule has 0 fully saturated rings. The van der Waals surface area contributed by atoms with Crippen molar-refractivity contribution in [1.82, 2.24) is 20.2 Å². The first-order chi connectivity index (χ1) is 12.3. The topological polar surface area (TPSA) is 128 Å². The Labute approximate surface area is 157 Å². The maximum absolute atomic E-state index is 12.3. The Morgan fingerprint density at radius 1 is 1.35 bits per heavy atom. The lowest BCUT2D eigenvalue weighted by Gasteiger charge is -2.20. The van der Waals surface area contributed by atoms with E-state index in [9.17, 15) is 14.4 Å². The fourth-order valence-electron chi connectivity index (χ4n) is 1.95. The van der Waals surface area contributed by atoms with Crippen molar-refractivity contribution in [3.05, 3.63) is 11.8 Å². The Hall–Kier alpha value is -2.36. The van der Waals surface area contributed by atoms with Crippen LogP contribution >= 0.6 is 11.8 Å². The second kappa shape index (κ2) is 10.6. The van der Waals surface area contributed by atoms with E-state index in [2.05, 4.69) is 15.3 Å². The van der Waals surface area contributed by atoms with Crippen LogP contribution in [0, 0.1) is 0 Å². The summed E-state index contributed by atoms with van der Waals surface area (Å²) in [6.07, 6.45) is 1.28. The largest absolute Gasteiger partial charge is 0.462 e. The highest BCUT2D eigenvalue weighted by atomic mass is 32.2. The van der Waals surface area contributed by atoms with Gasteiger partial charge < -0.3 is 20.7 Å². The van der Waals surface area contributed by atoms with E-state index in [1.54, 1.807) is 13.8 Å². The Morgan fingerprint density at radius 3 is 2.58 bits per heavy atom. The zero-order chi connectivity index (χ0) is 19.7. The van der Waals surface area contributed by atoms with Crippen LogP contribution < -0.4 is 11.1 Å². The van der Waals surface area contributed by atoms with Crippen molar-refractivity contribution in [2.75, 3.05) is 31.2 Å². The third kappa shape index (κ3) is 6.87. The van der Waals surface area contributed by atoms with E-state index in [1.807, 2.05) is 13.8 Å². The van der Waals surface area contributed by atoms with Crippen LogP contribution in [0.5, 0.6) is 0 Å². The van der Waals surface area contributed by atoms with Gasteiger partial charge >= 0.3 is 5.97 Å². The molecule has 144 valence electrons. The molecule has 0 aliphatic carbocycles. The van der Waals surface area contributed by atoms with Gasteiger partial charge in [-0.3, -0.25) is 9.59 Å². The van der Waals surface area contributed by atoms with Crippen LogP contribution in [-0.2, 0) is 14.3 Å². The summed E-state index contributed by atoms with van der Waals surface area (Å²) < 4.78 is 4.85. The molecule has 0 aromatic carbocycles. The summed E-state index contributed by atoms with van der Waals surface area (Å²) >= 11 is 1.08. The van der Waals surface area contributed by atoms with E-state index in [0.29, 0.717) is 6.54 Å². The van der Waals surface area contributed by atoms with Gasteiger partial charge in [0.05, 0.1) is 18.9 Å². The maximum Gasteiger partial charge on any atom is 0.343 e. The molecular formula is C16H25N5O4S. The quantitative estimate of drug-likeness (QED) is 0.362. The molecule has 0 unspecified atom stereocenters. The number of esters is 1. The van der Waals surface area contributed by atoms with Crippen molar-refractivity contribution < 1.29 is 19.1 Å². The number of nitrogens with two attached hydrogens (primary N) is 1. The van der Waals surface area contributed by atoms with E-state index < -0.39 is 5.97 Å². The minimum atomic E-state index is -0.592. The summed E-state index contributed by atoms with van der Waals surface area (Å²) in [6, 6.07) is 0.0139. The van der Waals surface area contributed by atoms with Crippen molar-refractivity contribution >= 4 is 35.4 Å². The van der Waals surface area contributed by atoms with Gasteiger partial charge in [-0.25, -0.2) is 14.8 Å². The predicted molar refractivity (Wildman–Crippen MR) is 98.7 cm³/mol. The maximum atomic E-state index is 12.3. The number of carbonyl (C=O) groups excluding carboxylic acids is 3. The number of carbonyl (C=O) groups is 3. The minimum Gasteiger partial charge on any atom is -0.462 e. The summed E-state index contributed by atoms with van der Waals surface area (Å²) in [5.74, 6) is -0.961. The van der Waals surface area contributed by atoms with E-state index in [4.69, 9.17) is 10.5 Å². The molecule has 26 heavy (non-hydrogen) atoms. The third-order valence-corrected chi connectivity index (χ3v) is 3.98. The van der Waals surface area contributed by atoms with Crippen LogP contribution in [0.3, 0.4) is 0 Å². The van der Waals surface area contributed by atoms with Gasteiger partial charge in [0.2, 0.25) is 11.8 Å². The van der Waals surface area contributed by atoms with Gasteiger partial charge in [-0.05, 0) is 27.7 Å². The van der Waals surface area contributed by atoms with Gasteiger partial charge in [-0.15, -0.1) is 0 Å². The van der Waals surface area contributed by atoms with Crippen LogP contribution in [0.1, 0.15) is 38.1 Å². The normalized spacial score (nSPS) is 10.5. The van der Waals surface area contributed by atoms with Crippen molar-refractivity contribution in [3.8, 4) is 0 Å². The minimum absolute atomic E-state index is 0.00113. The van der Waals surface area contributed by atoms with Crippen LogP contribution in [0.25, 0.3) is 0 Å². The number of aromatic nitrogens is 2. The number of nitrogens with zero attached hydrogens (tertiary/aromatic N) is 3. The number of amides is 2. The summed E-state index contributed by atoms with van der Waals surface area (Å²) in [5.41, 5.74) is 5.83. The summed E-state index contributed by atoms with van der Waals surface area (Å²) in [4.78, 5) is 45.2. The fourth-order valence-corrected chi connectivity index (χ4v) is 2.67. The van der Waals surface area contributed by atoms with Gasteiger partial charge in [-0.1, -0.05) is 11.8 Å². The zero-order valence-corrected chi connectivity index (χ0v) is 16.3. The highest BCUT2D eigenvalue weighted by Crippen LogP contribution is 2.17. The molecule has 1 aromatic heterocycles. The number of hydrogen-bond donors (Lipinski definition) is 2. The van der Waals surface area contributed by atoms with E-state index in [1.165, 1.54) is 11.1 Å². The van der Waals surface area contributed by atoms with Crippen molar-refractivity contribution in [2.45, 2.75) is 38.9 Å². The number of nitrogen functional groups attached to an aromatic ring is 1. The fraction of sp³-hybridized carbons (Fsp3) is 0.562. The number of ether oxygens (including phenoxy) is 1. The second-order valence-corrected chi connectivity index (χ2v) is 6.53. The average Bonchev–Trinajstić information content (AvgIpc) is 2.57. The zero-order valence-electron chi connectivity index (χ0n) is 15.4. The number of thioether (sulfide) groups is 1. The molecule has 1 aromatic rings. The van der Waals surface area contributed by atoms with Gasteiger partial charge in [0.15, 0.2) is 5.16 Å². The Bertz CT molecular complexity index is 654. The van der Waals surface area contributed by atoms with E-state index in [0.717, 1.165) is 11.8 Å². The lowest BCUT2D eigenvalue weighted by molar-refractivity contribution is -0.134. The van der Waals surface area contributed by atoms with Crippen LogP contribution in [0.2, 0.25) is 0 Å². The van der Waals surface area contributed by atoms with Gasteiger partial charge in [0.1, 0.15) is 11.4 Å². The van der Waals surface area contributed by atoms with Crippen molar-refractivity contribution in [1.29, 1.82) is 0 Å². The first kappa shape index (κ1) is 21.7.